The van der Waals surface area contributed by atoms with Crippen molar-refractivity contribution in [1.82, 2.24) is 4.90 Å². The Kier molecular flexibility index (Phi) is 3.81. The summed E-state index contributed by atoms with van der Waals surface area (Å²) in [4.78, 5) is 7.99. The summed E-state index contributed by atoms with van der Waals surface area (Å²) in [5.74, 6) is 2.82. The Morgan fingerprint density at radius 3 is 2.55 bits per heavy atom. The molecule has 0 radical (unpaired) electrons. The van der Waals surface area contributed by atoms with Crippen molar-refractivity contribution in [2.24, 2.45) is 11.1 Å². The summed E-state index contributed by atoms with van der Waals surface area (Å²) in [6.07, 6.45) is 3.44. The molecule has 108 valence electrons. The quantitative estimate of drug-likeness (QED) is 0.830. The number of ether oxygens (including phenoxy) is 1. The average Bonchev–Trinajstić information content (AvgIpc) is 2.98. The molecule has 0 aromatic heterocycles. The standard InChI is InChI=1S/C16H22N2O2/c1-12-7-9-18(10-8-12)16-11-15(20-17-16)13-3-5-14(19-2)6-4-13/h3-6,12,15H,7-11H2,1-2H3. The normalized spacial score (nSPS) is 23.4. The second kappa shape index (κ2) is 5.73. The van der Waals surface area contributed by atoms with Gasteiger partial charge < -0.3 is 14.5 Å². The molecule has 1 atom stereocenters. The Labute approximate surface area is 120 Å². The van der Waals surface area contributed by atoms with Crippen LogP contribution in [0, 0.1) is 5.92 Å². The molecule has 2 aliphatic heterocycles. The first-order valence-corrected chi connectivity index (χ1v) is 7.38. The van der Waals surface area contributed by atoms with Crippen LogP contribution in [-0.2, 0) is 4.84 Å². The van der Waals surface area contributed by atoms with Gasteiger partial charge in [0.25, 0.3) is 0 Å². The molecule has 4 nitrogen and oxygen atoms in total. The molecule has 4 heteroatoms. The van der Waals surface area contributed by atoms with Crippen LogP contribution >= 0.6 is 0 Å². The van der Waals surface area contributed by atoms with Gasteiger partial charge in [0.1, 0.15) is 11.6 Å². The summed E-state index contributed by atoms with van der Waals surface area (Å²) in [5.41, 5.74) is 1.16. The van der Waals surface area contributed by atoms with Gasteiger partial charge in [0, 0.05) is 13.1 Å². The van der Waals surface area contributed by atoms with E-state index in [1.165, 1.54) is 12.8 Å². The first-order chi connectivity index (χ1) is 9.76. The van der Waals surface area contributed by atoms with Crippen LogP contribution in [0.4, 0.5) is 0 Å². The van der Waals surface area contributed by atoms with Gasteiger partial charge in [-0.25, -0.2) is 0 Å². The summed E-state index contributed by atoms with van der Waals surface area (Å²) in [7, 11) is 1.68. The molecule has 2 heterocycles. The second-order valence-electron chi connectivity index (χ2n) is 5.75. The minimum absolute atomic E-state index is 0.0512. The van der Waals surface area contributed by atoms with Gasteiger partial charge in [-0.2, -0.15) is 0 Å². The Bertz CT molecular complexity index is 476. The molecule has 1 fully saturated rings. The highest BCUT2D eigenvalue weighted by molar-refractivity contribution is 5.83. The van der Waals surface area contributed by atoms with Crippen LogP contribution in [0.5, 0.6) is 5.75 Å². The Morgan fingerprint density at radius 2 is 1.90 bits per heavy atom. The summed E-state index contributed by atoms with van der Waals surface area (Å²) >= 11 is 0. The van der Waals surface area contributed by atoms with Crippen LogP contribution in [0.2, 0.25) is 0 Å². The largest absolute Gasteiger partial charge is 0.497 e. The first-order valence-electron chi connectivity index (χ1n) is 7.38. The maximum Gasteiger partial charge on any atom is 0.159 e. The summed E-state index contributed by atoms with van der Waals surface area (Å²) < 4.78 is 5.18. The molecule has 0 bridgehead atoms. The summed E-state index contributed by atoms with van der Waals surface area (Å²) in [6.45, 7) is 4.54. The first kappa shape index (κ1) is 13.3. The number of benzene rings is 1. The fraction of sp³-hybridized carbons (Fsp3) is 0.562. The van der Waals surface area contributed by atoms with Gasteiger partial charge in [-0.3, -0.25) is 0 Å². The van der Waals surface area contributed by atoms with E-state index < -0.39 is 0 Å². The molecular formula is C16H22N2O2. The Hall–Kier alpha value is -1.71. The zero-order valence-electron chi connectivity index (χ0n) is 12.2. The SMILES string of the molecule is COc1ccc(C2CC(N3CCC(C)CC3)=NO2)cc1. The molecule has 0 N–H and O–H groups in total. The molecule has 0 aliphatic carbocycles. The lowest BCUT2D eigenvalue weighted by molar-refractivity contribution is 0.0854. The molecule has 1 aromatic rings. The van der Waals surface area contributed by atoms with Crippen LogP contribution < -0.4 is 4.74 Å². The average molecular weight is 274 g/mol. The minimum Gasteiger partial charge on any atom is -0.497 e. The number of piperidine rings is 1. The summed E-state index contributed by atoms with van der Waals surface area (Å²) in [6, 6.07) is 8.05. The highest BCUT2D eigenvalue weighted by Crippen LogP contribution is 2.30. The molecule has 1 unspecified atom stereocenters. The van der Waals surface area contributed by atoms with E-state index >= 15 is 0 Å². The third-order valence-electron chi connectivity index (χ3n) is 4.29. The number of likely N-dealkylation sites (tertiary alicyclic amines) is 1. The molecular weight excluding hydrogens is 252 g/mol. The van der Waals surface area contributed by atoms with Crippen LogP contribution in [0.15, 0.2) is 29.4 Å². The van der Waals surface area contributed by atoms with E-state index in [2.05, 4.69) is 29.1 Å². The monoisotopic (exact) mass is 274 g/mol. The predicted molar refractivity (Wildman–Crippen MR) is 78.8 cm³/mol. The molecule has 1 saturated heterocycles. The molecule has 0 amide bonds. The molecule has 0 spiro atoms. The van der Waals surface area contributed by atoms with Gasteiger partial charge in [-0.05, 0) is 36.5 Å². The maximum absolute atomic E-state index is 5.61. The Balaban J connectivity index is 1.60. The van der Waals surface area contributed by atoms with E-state index in [9.17, 15) is 0 Å². The van der Waals surface area contributed by atoms with E-state index in [0.717, 1.165) is 42.6 Å². The lowest BCUT2D eigenvalue weighted by Crippen LogP contribution is -2.37. The second-order valence-corrected chi connectivity index (χ2v) is 5.75. The fourth-order valence-electron chi connectivity index (χ4n) is 2.82. The van der Waals surface area contributed by atoms with Gasteiger partial charge in [-0.1, -0.05) is 24.2 Å². The van der Waals surface area contributed by atoms with Crippen molar-refractivity contribution < 1.29 is 9.57 Å². The van der Waals surface area contributed by atoms with Crippen LogP contribution in [0.3, 0.4) is 0 Å². The molecule has 3 rings (SSSR count). The predicted octanol–water partition coefficient (Wildman–Crippen LogP) is 3.20. The lowest BCUT2D eigenvalue weighted by Gasteiger charge is -2.31. The van der Waals surface area contributed by atoms with E-state index in [0.29, 0.717) is 0 Å². The van der Waals surface area contributed by atoms with Crippen LogP contribution in [0.1, 0.15) is 37.9 Å². The van der Waals surface area contributed by atoms with Gasteiger partial charge in [0.05, 0.1) is 13.5 Å². The van der Waals surface area contributed by atoms with Gasteiger partial charge >= 0.3 is 0 Å². The number of methoxy groups -OCH3 is 1. The number of nitrogens with zero attached hydrogens (tertiary/aromatic N) is 2. The highest BCUT2D eigenvalue weighted by atomic mass is 16.6. The topological polar surface area (TPSA) is 34.1 Å². The summed E-state index contributed by atoms with van der Waals surface area (Å²) in [5, 5.41) is 4.30. The van der Waals surface area contributed by atoms with Gasteiger partial charge in [-0.15, -0.1) is 0 Å². The number of hydrogen-bond acceptors (Lipinski definition) is 4. The van der Waals surface area contributed by atoms with E-state index in [4.69, 9.17) is 9.57 Å². The number of amidine groups is 1. The molecule has 1 aromatic carbocycles. The van der Waals surface area contributed by atoms with Crippen molar-refractivity contribution in [1.29, 1.82) is 0 Å². The van der Waals surface area contributed by atoms with Crippen molar-refractivity contribution in [2.75, 3.05) is 20.2 Å². The highest BCUT2D eigenvalue weighted by Gasteiger charge is 2.28. The molecule has 0 saturated carbocycles. The third-order valence-corrected chi connectivity index (χ3v) is 4.29. The van der Waals surface area contributed by atoms with Crippen molar-refractivity contribution in [2.45, 2.75) is 32.3 Å². The van der Waals surface area contributed by atoms with E-state index in [1.807, 2.05) is 12.1 Å². The van der Waals surface area contributed by atoms with Crippen molar-refractivity contribution >= 4 is 5.84 Å². The fourth-order valence-corrected chi connectivity index (χ4v) is 2.82. The van der Waals surface area contributed by atoms with Crippen molar-refractivity contribution in [3.63, 3.8) is 0 Å². The number of rotatable bonds is 2. The van der Waals surface area contributed by atoms with Crippen LogP contribution in [-0.4, -0.2) is 30.9 Å². The smallest absolute Gasteiger partial charge is 0.159 e. The third kappa shape index (κ3) is 2.74. The minimum atomic E-state index is 0.0512. The van der Waals surface area contributed by atoms with E-state index in [-0.39, 0.29) is 6.10 Å². The Morgan fingerprint density at radius 1 is 1.20 bits per heavy atom. The number of hydrogen-bond donors (Lipinski definition) is 0. The maximum atomic E-state index is 5.61. The molecule has 2 aliphatic rings. The molecule has 20 heavy (non-hydrogen) atoms. The number of oxime groups is 1. The van der Waals surface area contributed by atoms with Crippen LogP contribution in [0.25, 0.3) is 0 Å². The van der Waals surface area contributed by atoms with E-state index in [1.54, 1.807) is 7.11 Å². The van der Waals surface area contributed by atoms with Gasteiger partial charge in [0.15, 0.2) is 6.10 Å². The van der Waals surface area contributed by atoms with Crippen molar-refractivity contribution in [3.8, 4) is 5.75 Å². The zero-order chi connectivity index (χ0) is 13.9. The zero-order valence-corrected chi connectivity index (χ0v) is 12.2. The van der Waals surface area contributed by atoms with Crippen molar-refractivity contribution in [3.05, 3.63) is 29.8 Å². The lowest BCUT2D eigenvalue weighted by atomic mass is 9.98. The van der Waals surface area contributed by atoms with Gasteiger partial charge in [0.2, 0.25) is 0 Å².